The molecule has 0 aromatic rings. The van der Waals surface area contributed by atoms with Crippen LogP contribution < -0.4 is 0 Å². The van der Waals surface area contributed by atoms with E-state index in [-0.39, 0.29) is 19.8 Å². The Labute approximate surface area is 147 Å². The van der Waals surface area contributed by atoms with E-state index in [1.165, 1.54) is 18.2 Å². The van der Waals surface area contributed by atoms with E-state index in [0.29, 0.717) is 6.42 Å². The summed E-state index contributed by atoms with van der Waals surface area (Å²) in [7, 11) is 0. The fourth-order valence-electron chi connectivity index (χ4n) is 2.67. The van der Waals surface area contributed by atoms with Gasteiger partial charge in [0.15, 0.2) is 0 Å². The Morgan fingerprint density at radius 2 is 1.80 bits per heavy atom. The summed E-state index contributed by atoms with van der Waals surface area (Å²) in [4.78, 5) is 37.8. The van der Waals surface area contributed by atoms with Crippen LogP contribution in [0.2, 0.25) is 0 Å². The standard InChI is InChI=1S/C17H24N2O6/c1-4-7-12-25-17-11-10-13(8-9-14(17)20)18(15(21)23-5-2)19(17)16(22)24-6-3/h8-11,13H,4-7,12H2,1-3H3/t13-,17+/m0/s1. The van der Waals surface area contributed by atoms with Crippen molar-refractivity contribution in [1.29, 1.82) is 0 Å². The molecule has 0 aromatic heterocycles. The Bertz CT molecular complexity index is 588. The van der Waals surface area contributed by atoms with Gasteiger partial charge < -0.3 is 14.2 Å². The number of amides is 2. The van der Waals surface area contributed by atoms with Gasteiger partial charge in [0, 0.05) is 0 Å². The van der Waals surface area contributed by atoms with Gasteiger partial charge in [-0.3, -0.25) is 4.79 Å². The molecule has 0 fully saturated rings. The summed E-state index contributed by atoms with van der Waals surface area (Å²) in [6, 6.07) is -0.641. The number of hydrogen-bond acceptors (Lipinski definition) is 6. The van der Waals surface area contributed by atoms with E-state index < -0.39 is 29.7 Å². The summed E-state index contributed by atoms with van der Waals surface area (Å²) in [5.41, 5.74) is -1.75. The monoisotopic (exact) mass is 352 g/mol. The normalized spacial score (nSPS) is 24.4. The lowest BCUT2D eigenvalue weighted by molar-refractivity contribution is -0.192. The number of ketones is 1. The van der Waals surface area contributed by atoms with Crippen LogP contribution in [0.5, 0.6) is 0 Å². The van der Waals surface area contributed by atoms with E-state index in [4.69, 9.17) is 14.2 Å². The van der Waals surface area contributed by atoms with Crippen LogP contribution in [0, 0.1) is 0 Å². The number of nitrogens with zero attached hydrogens (tertiary/aromatic N) is 2. The highest BCUT2D eigenvalue weighted by Crippen LogP contribution is 2.34. The Hall–Kier alpha value is -2.35. The predicted molar refractivity (Wildman–Crippen MR) is 88.4 cm³/mol. The number of ether oxygens (including phenoxy) is 3. The van der Waals surface area contributed by atoms with Gasteiger partial charge in [-0.05, 0) is 32.4 Å². The van der Waals surface area contributed by atoms with Crippen LogP contribution in [0.4, 0.5) is 9.59 Å². The zero-order valence-corrected chi connectivity index (χ0v) is 14.8. The van der Waals surface area contributed by atoms with Gasteiger partial charge in [0.05, 0.1) is 25.9 Å². The van der Waals surface area contributed by atoms with Gasteiger partial charge >= 0.3 is 12.2 Å². The van der Waals surface area contributed by atoms with Crippen molar-refractivity contribution >= 4 is 18.0 Å². The molecule has 2 atom stereocenters. The Balaban J connectivity index is 2.49. The maximum absolute atomic E-state index is 12.7. The van der Waals surface area contributed by atoms with Crippen LogP contribution in [0.25, 0.3) is 0 Å². The van der Waals surface area contributed by atoms with E-state index in [1.807, 2.05) is 6.92 Å². The van der Waals surface area contributed by atoms with Crippen molar-refractivity contribution in [1.82, 2.24) is 10.0 Å². The average molecular weight is 352 g/mol. The second-order valence-electron chi connectivity index (χ2n) is 5.53. The van der Waals surface area contributed by atoms with Crippen molar-refractivity contribution in [2.45, 2.75) is 45.4 Å². The molecular weight excluding hydrogens is 328 g/mol. The average Bonchev–Trinajstić information content (AvgIpc) is 2.81. The molecule has 2 bridgehead atoms. The first-order valence-corrected chi connectivity index (χ1v) is 8.50. The third-order valence-electron chi connectivity index (χ3n) is 3.85. The molecule has 2 amide bonds. The molecule has 2 aliphatic heterocycles. The van der Waals surface area contributed by atoms with Crippen molar-refractivity contribution in [3.05, 3.63) is 24.3 Å². The number of unbranched alkanes of at least 4 members (excludes halogenated alkanes) is 1. The Kier molecular flexibility index (Phi) is 6.19. The number of rotatable bonds is 6. The summed E-state index contributed by atoms with van der Waals surface area (Å²) < 4.78 is 15.9. The molecule has 0 radical (unpaired) electrons. The molecule has 2 heterocycles. The maximum Gasteiger partial charge on any atom is 0.432 e. The lowest BCUT2D eigenvalue weighted by Crippen LogP contribution is -2.68. The first-order valence-electron chi connectivity index (χ1n) is 8.50. The summed E-state index contributed by atoms with van der Waals surface area (Å²) in [6.07, 6.45) is 5.94. The van der Waals surface area contributed by atoms with Crippen LogP contribution in [-0.4, -0.2) is 59.6 Å². The van der Waals surface area contributed by atoms with Gasteiger partial charge in [0.2, 0.25) is 11.5 Å². The zero-order valence-electron chi connectivity index (χ0n) is 14.8. The largest absolute Gasteiger partial charge is 0.448 e. The number of carbonyl (C=O) groups is 3. The van der Waals surface area contributed by atoms with Gasteiger partial charge in [0.1, 0.15) is 0 Å². The first kappa shape index (κ1) is 19.0. The van der Waals surface area contributed by atoms with E-state index in [0.717, 1.165) is 16.4 Å². The molecule has 0 N–H and O–H groups in total. The maximum atomic E-state index is 12.7. The highest BCUT2D eigenvalue weighted by Gasteiger charge is 2.55. The molecule has 0 saturated heterocycles. The van der Waals surface area contributed by atoms with Gasteiger partial charge in [-0.2, -0.15) is 10.0 Å². The molecule has 0 spiro atoms. The molecule has 0 unspecified atom stereocenters. The first-order chi connectivity index (χ1) is 12.0. The van der Waals surface area contributed by atoms with E-state index in [9.17, 15) is 14.4 Å². The van der Waals surface area contributed by atoms with Crippen molar-refractivity contribution in [2.75, 3.05) is 19.8 Å². The van der Waals surface area contributed by atoms with Crippen LogP contribution in [0.3, 0.4) is 0 Å². The fraction of sp³-hybridized carbons (Fsp3) is 0.588. The van der Waals surface area contributed by atoms with Gasteiger partial charge in [0.25, 0.3) is 0 Å². The summed E-state index contributed by atoms with van der Waals surface area (Å²) >= 11 is 0. The molecule has 0 aromatic carbocycles. The fourth-order valence-corrected chi connectivity index (χ4v) is 2.67. The van der Waals surface area contributed by atoms with E-state index in [1.54, 1.807) is 19.9 Å². The predicted octanol–water partition coefficient (Wildman–Crippen LogP) is 2.41. The van der Waals surface area contributed by atoms with Gasteiger partial charge in [-0.25, -0.2) is 9.59 Å². The number of carbonyl (C=O) groups excluding carboxylic acids is 3. The van der Waals surface area contributed by atoms with E-state index >= 15 is 0 Å². The number of hydrazine groups is 1. The molecular formula is C17H24N2O6. The lowest BCUT2D eigenvalue weighted by atomic mass is 10.1. The summed E-state index contributed by atoms with van der Waals surface area (Å²) in [6.45, 7) is 5.75. The van der Waals surface area contributed by atoms with Crippen LogP contribution in [0.1, 0.15) is 33.6 Å². The Morgan fingerprint density at radius 1 is 1.12 bits per heavy atom. The molecule has 138 valence electrons. The smallest absolute Gasteiger partial charge is 0.432 e. The third-order valence-corrected chi connectivity index (χ3v) is 3.85. The summed E-state index contributed by atoms with van der Waals surface area (Å²) in [5.74, 6) is -0.456. The van der Waals surface area contributed by atoms with Gasteiger partial charge in [-0.1, -0.05) is 25.5 Å². The molecule has 0 saturated carbocycles. The zero-order chi connectivity index (χ0) is 18.4. The number of fused-ring (bicyclic) bond motifs is 2. The second-order valence-corrected chi connectivity index (χ2v) is 5.53. The molecule has 3 rings (SSSR count). The molecule has 1 aliphatic carbocycles. The second kappa shape index (κ2) is 8.15. The van der Waals surface area contributed by atoms with Crippen molar-refractivity contribution < 1.29 is 28.6 Å². The van der Waals surface area contributed by atoms with Crippen molar-refractivity contribution in [3.63, 3.8) is 0 Å². The Morgan fingerprint density at radius 3 is 2.44 bits per heavy atom. The highest BCUT2D eigenvalue weighted by atomic mass is 16.6. The van der Waals surface area contributed by atoms with Crippen LogP contribution in [-0.2, 0) is 19.0 Å². The van der Waals surface area contributed by atoms with E-state index in [2.05, 4.69) is 0 Å². The van der Waals surface area contributed by atoms with Crippen molar-refractivity contribution in [2.24, 2.45) is 0 Å². The SMILES string of the molecule is CCCCO[C@]12C=C[C@H](C=CC1=O)N(C(=O)OCC)N2C(=O)OCC. The topological polar surface area (TPSA) is 85.4 Å². The quantitative estimate of drug-likeness (QED) is 0.539. The summed E-state index contributed by atoms with van der Waals surface area (Å²) in [5, 5.41) is 1.99. The van der Waals surface area contributed by atoms with Crippen LogP contribution >= 0.6 is 0 Å². The van der Waals surface area contributed by atoms with Gasteiger partial charge in [-0.15, -0.1) is 0 Å². The third kappa shape index (κ3) is 3.53. The molecule has 8 heteroatoms. The number of hydrogen-bond donors (Lipinski definition) is 0. The van der Waals surface area contributed by atoms with Crippen molar-refractivity contribution in [3.8, 4) is 0 Å². The molecule has 8 nitrogen and oxygen atoms in total. The minimum absolute atomic E-state index is 0.0903. The lowest BCUT2D eigenvalue weighted by Gasteiger charge is -2.46. The molecule has 25 heavy (non-hydrogen) atoms. The molecule has 3 aliphatic rings. The highest BCUT2D eigenvalue weighted by molar-refractivity contribution is 6.02. The minimum Gasteiger partial charge on any atom is -0.448 e. The van der Waals surface area contributed by atoms with Crippen LogP contribution in [0.15, 0.2) is 24.3 Å². The minimum atomic E-state index is -1.75.